The molecule has 7 heteroatoms. The zero-order valence-corrected chi connectivity index (χ0v) is 20.6. The minimum absolute atomic E-state index is 0.0632. The van der Waals surface area contributed by atoms with Gasteiger partial charge in [-0.25, -0.2) is 0 Å². The molecule has 0 saturated carbocycles. The molecule has 1 unspecified atom stereocenters. The molecule has 2 heterocycles. The first-order valence-corrected chi connectivity index (χ1v) is 12.0. The van der Waals surface area contributed by atoms with E-state index in [0.717, 1.165) is 40.1 Å². The molecule has 5 rings (SSSR count). The summed E-state index contributed by atoms with van der Waals surface area (Å²) < 4.78 is 12.7. The number of carbonyl (C=O) groups is 1. The Morgan fingerprint density at radius 1 is 1.03 bits per heavy atom. The lowest BCUT2D eigenvalue weighted by Crippen LogP contribution is -2.32. The summed E-state index contributed by atoms with van der Waals surface area (Å²) >= 11 is 0. The number of methoxy groups -OCH3 is 1. The molecule has 184 valence electrons. The molecule has 36 heavy (non-hydrogen) atoms. The van der Waals surface area contributed by atoms with Gasteiger partial charge in [-0.2, -0.15) is 5.10 Å². The number of hydrogen-bond donors (Lipinski definition) is 1. The van der Waals surface area contributed by atoms with Crippen LogP contribution in [0.4, 0.5) is 0 Å². The highest BCUT2D eigenvalue weighted by Crippen LogP contribution is 2.45. The van der Waals surface area contributed by atoms with Crippen LogP contribution in [0.3, 0.4) is 0 Å². The highest BCUT2D eigenvalue weighted by molar-refractivity contribution is 6.00. The number of fused-ring (bicyclic) bond motifs is 1. The first kappa shape index (κ1) is 23.5. The maximum absolute atomic E-state index is 13.8. The van der Waals surface area contributed by atoms with Crippen molar-refractivity contribution in [3.05, 3.63) is 95.2 Å². The van der Waals surface area contributed by atoms with Crippen molar-refractivity contribution in [2.75, 3.05) is 20.3 Å². The second kappa shape index (κ2) is 9.77. The third-order valence-electron chi connectivity index (χ3n) is 6.58. The van der Waals surface area contributed by atoms with Crippen LogP contribution in [0.5, 0.6) is 17.2 Å². The molecule has 1 N–H and O–H groups in total. The van der Waals surface area contributed by atoms with Crippen molar-refractivity contribution in [3.63, 3.8) is 0 Å². The van der Waals surface area contributed by atoms with Crippen molar-refractivity contribution in [3.8, 4) is 28.5 Å². The second-order valence-electron chi connectivity index (χ2n) is 8.76. The monoisotopic (exact) mass is 483 g/mol. The van der Waals surface area contributed by atoms with Gasteiger partial charge in [-0.15, -0.1) is 0 Å². The number of phenols is 1. The van der Waals surface area contributed by atoms with E-state index in [-0.39, 0.29) is 17.7 Å². The van der Waals surface area contributed by atoms with E-state index in [1.165, 1.54) is 0 Å². The van der Waals surface area contributed by atoms with Crippen molar-refractivity contribution in [1.29, 1.82) is 0 Å². The second-order valence-corrected chi connectivity index (χ2v) is 8.76. The summed E-state index contributed by atoms with van der Waals surface area (Å²) in [5.74, 6) is 1.16. The van der Waals surface area contributed by atoms with Crippen LogP contribution in [0.25, 0.3) is 11.3 Å². The van der Waals surface area contributed by atoms with Crippen LogP contribution in [0, 0.1) is 0 Å². The van der Waals surface area contributed by atoms with Crippen LogP contribution < -0.4 is 9.47 Å². The molecule has 3 aromatic carbocycles. The van der Waals surface area contributed by atoms with Gasteiger partial charge in [0.15, 0.2) is 11.5 Å². The zero-order valence-electron chi connectivity index (χ0n) is 20.6. The lowest BCUT2D eigenvalue weighted by atomic mass is 9.95. The molecular formula is C29H29N3O4. The summed E-state index contributed by atoms with van der Waals surface area (Å²) in [6.07, 6.45) is 0.721. The molecule has 0 radical (unpaired) electrons. The van der Waals surface area contributed by atoms with Crippen molar-refractivity contribution in [2.24, 2.45) is 7.05 Å². The molecule has 1 aromatic heterocycles. The van der Waals surface area contributed by atoms with Crippen LogP contribution in [-0.4, -0.2) is 46.0 Å². The highest BCUT2D eigenvalue weighted by Gasteiger charge is 2.43. The Labute approximate surface area is 210 Å². The van der Waals surface area contributed by atoms with Gasteiger partial charge in [-0.3, -0.25) is 9.48 Å². The predicted octanol–water partition coefficient (Wildman–Crippen LogP) is 4.99. The van der Waals surface area contributed by atoms with E-state index < -0.39 is 0 Å². The number of ether oxygens (including phenoxy) is 2. The van der Waals surface area contributed by atoms with E-state index in [4.69, 9.17) is 14.6 Å². The number of carbonyl (C=O) groups excluding carboxylic acids is 1. The average molecular weight is 484 g/mol. The van der Waals surface area contributed by atoms with Gasteiger partial charge in [-0.05, 0) is 60.9 Å². The fraction of sp³-hybridized carbons (Fsp3) is 0.241. The molecular weight excluding hydrogens is 454 g/mol. The SMILES string of the molecule is CCOc1cc(C2c3c(-c4ccc(OC)cc4)nn(C)c3C(=O)N2CCc2ccccc2)ccc1O. The lowest BCUT2D eigenvalue weighted by molar-refractivity contribution is 0.0741. The quantitative estimate of drug-likeness (QED) is 0.382. The highest BCUT2D eigenvalue weighted by atomic mass is 16.5. The van der Waals surface area contributed by atoms with E-state index in [9.17, 15) is 9.90 Å². The Morgan fingerprint density at radius 3 is 2.47 bits per heavy atom. The van der Waals surface area contributed by atoms with Crippen LogP contribution >= 0.6 is 0 Å². The Balaban J connectivity index is 1.63. The molecule has 0 saturated heterocycles. The number of aromatic hydroxyl groups is 1. The molecule has 7 nitrogen and oxygen atoms in total. The molecule has 1 aliphatic rings. The minimum Gasteiger partial charge on any atom is -0.504 e. The van der Waals surface area contributed by atoms with Gasteiger partial charge in [-0.1, -0.05) is 36.4 Å². The van der Waals surface area contributed by atoms with Crippen molar-refractivity contribution in [1.82, 2.24) is 14.7 Å². The number of benzene rings is 3. The molecule has 0 spiro atoms. The summed E-state index contributed by atoms with van der Waals surface area (Å²) in [7, 11) is 3.44. The first-order valence-electron chi connectivity index (χ1n) is 12.0. The van der Waals surface area contributed by atoms with E-state index >= 15 is 0 Å². The molecule has 4 aromatic rings. The standard InChI is InChI=1S/C29H29N3O4/c1-4-36-24-18-21(12-15-23(24)33)27-25-26(20-10-13-22(35-3)14-11-20)30-31(2)28(25)29(34)32(27)17-16-19-8-6-5-7-9-19/h5-15,18,27,33H,4,16-17H2,1-3H3. The summed E-state index contributed by atoms with van der Waals surface area (Å²) in [5, 5.41) is 15.1. The van der Waals surface area contributed by atoms with Crippen molar-refractivity contribution >= 4 is 5.91 Å². The Bertz CT molecular complexity index is 1380. The van der Waals surface area contributed by atoms with E-state index in [2.05, 4.69) is 12.1 Å². The summed E-state index contributed by atoms with van der Waals surface area (Å²) in [4.78, 5) is 15.7. The van der Waals surface area contributed by atoms with Gasteiger partial charge in [0.25, 0.3) is 5.91 Å². The van der Waals surface area contributed by atoms with Crippen molar-refractivity contribution in [2.45, 2.75) is 19.4 Å². The van der Waals surface area contributed by atoms with Gasteiger partial charge in [0.2, 0.25) is 0 Å². The normalized spacial score (nSPS) is 14.7. The smallest absolute Gasteiger partial charge is 0.273 e. The van der Waals surface area contributed by atoms with Gasteiger partial charge < -0.3 is 19.5 Å². The van der Waals surface area contributed by atoms with Gasteiger partial charge in [0, 0.05) is 24.7 Å². The summed E-state index contributed by atoms with van der Waals surface area (Å²) in [6.45, 7) is 2.83. The van der Waals surface area contributed by atoms with Crippen LogP contribution in [0.15, 0.2) is 72.8 Å². The topological polar surface area (TPSA) is 76.8 Å². The maximum atomic E-state index is 13.8. The number of aryl methyl sites for hydroxylation is 1. The molecule has 0 aliphatic carbocycles. The Kier molecular flexibility index (Phi) is 6.38. The molecule has 0 fully saturated rings. The molecule has 1 atom stereocenters. The van der Waals surface area contributed by atoms with Gasteiger partial charge in [0.1, 0.15) is 11.4 Å². The number of aromatic nitrogens is 2. The van der Waals surface area contributed by atoms with Gasteiger partial charge in [0.05, 0.1) is 25.5 Å². The largest absolute Gasteiger partial charge is 0.504 e. The summed E-state index contributed by atoms with van der Waals surface area (Å²) in [5.41, 5.74) is 5.10. The number of hydrogen-bond acceptors (Lipinski definition) is 5. The fourth-order valence-corrected chi connectivity index (χ4v) is 4.87. The van der Waals surface area contributed by atoms with Gasteiger partial charge >= 0.3 is 0 Å². The zero-order chi connectivity index (χ0) is 25.2. The number of nitrogens with zero attached hydrogens (tertiary/aromatic N) is 3. The number of rotatable bonds is 8. The number of amides is 1. The average Bonchev–Trinajstić information content (AvgIpc) is 3.39. The van der Waals surface area contributed by atoms with E-state index in [1.54, 1.807) is 17.9 Å². The van der Waals surface area contributed by atoms with Crippen LogP contribution in [-0.2, 0) is 13.5 Å². The minimum atomic E-state index is -0.373. The summed E-state index contributed by atoms with van der Waals surface area (Å²) in [6, 6.07) is 22.8. The fourth-order valence-electron chi connectivity index (χ4n) is 4.87. The first-order chi connectivity index (χ1) is 17.5. The number of phenolic OH excluding ortho intramolecular Hbond substituents is 1. The third kappa shape index (κ3) is 4.17. The Morgan fingerprint density at radius 2 is 1.78 bits per heavy atom. The Hall–Kier alpha value is -4.26. The van der Waals surface area contributed by atoms with E-state index in [1.807, 2.05) is 73.5 Å². The van der Waals surface area contributed by atoms with Crippen LogP contribution in [0.2, 0.25) is 0 Å². The molecule has 0 bridgehead atoms. The van der Waals surface area contributed by atoms with Crippen LogP contribution in [0.1, 0.15) is 40.1 Å². The lowest BCUT2D eigenvalue weighted by Gasteiger charge is -2.27. The van der Waals surface area contributed by atoms with E-state index in [0.29, 0.717) is 24.6 Å². The predicted molar refractivity (Wildman–Crippen MR) is 137 cm³/mol. The van der Waals surface area contributed by atoms with Crippen molar-refractivity contribution < 1.29 is 19.4 Å². The maximum Gasteiger partial charge on any atom is 0.273 e. The molecule has 1 aliphatic heterocycles. The molecule has 1 amide bonds. The third-order valence-corrected chi connectivity index (χ3v) is 6.58.